The smallest absolute Gasteiger partial charge is 0.261 e. The molecule has 0 saturated heterocycles. The summed E-state index contributed by atoms with van der Waals surface area (Å²) in [6.45, 7) is 2.03. The van der Waals surface area contributed by atoms with Crippen LogP contribution in [0.25, 0.3) is 0 Å². The first-order valence-electron chi connectivity index (χ1n) is 8.48. The van der Waals surface area contributed by atoms with E-state index in [9.17, 15) is 19.2 Å². The van der Waals surface area contributed by atoms with Crippen molar-refractivity contribution in [2.75, 3.05) is 18.9 Å². The molecule has 0 aliphatic carbocycles. The zero-order chi connectivity index (χ0) is 19.6. The van der Waals surface area contributed by atoms with Crippen molar-refractivity contribution >= 4 is 29.3 Å². The fraction of sp³-hybridized carbons (Fsp3) is 0.200. The number of amides is 4. The monoisotopic (exact) mass is 365 g/mol. The van der Waals surface area contributed by atoms with Crippen LogP contribution in [0.5, 0.6) is 0 Å². The molecule has 0 unspecified atom stereocenters. The Bertz CT molecular complexity index is 952. The van der Waals surface area contributed by atoms with E-state index in [4.69, 9.17) is 0 Å². The normalized spacial score (nSPS) is 12.7. The van der Waals surface area contributed by atoms with Crippen LogP contribution in [0.2, 0.25) is 0 Å². The van der Waals surface area contributed by atoms with Gasteiger partial charge in [-0.05, 0) is 36.8 Å². The van der Waals surface area contributed by atoms with Gasteiger partial charge in [-0.25, -0.2) is 0 Å². The summed E-state index contributed by atoms with van der Waals surface area (Å²) in [7, 11) is 1.42. The van der Waals surface area contributed by atoms with Crippen molar-refractivity contribution in [3.05, 3.63) is 64.7 Å². The van der Waals surface area contributed by atoms with Crippen LogP contribution in [0.15, 0.2) is 42.5 Å². The SMILES string of the molecule is Cc1ccccc1C(=O)NCCC(=O)Nc1ccc2c(c1)C(=O)N(C)C2=O. The van der Waals surface area contributed by atoms with E-state index in [1.807, 2.05) is 19.1 Å². The predicted molar refractivity (Wildman–Crippen MR) is 99.6 cm³/mol. The Morgan fingerprint density at radius 1 is 1.00 bits per heavy atom. The average molecular weight is 365 g/mol. The molecule has 0 atom stereocenters. The van der Waals surface area contributed by atoms with Crippen LogP contribution in [-0.2, 0) is 4.79 Å². The Balaban J connectivity index is 1.55. The van der Waals surface area contributed by atoms with Crippen molar-refractivity contribution in [2.24, 2.45) is 0 Å². The van der Waals surface area contributed by atoms with E-state index in [2.05, 4.69) is 10.6 Å². The molecular weight excluding hydrogens is 346 g/mol. The second-order valence-electron chi connectivity index (χ2n) is 6.30. The highest BCUT2D eigenvalue weighted by molar-refractivity contribution is 6.21. The molecule has 1 aliphatic heterocycles. The van der Waals surface area contributed by atoms with Gasteiger partial charge in [0.05, 0.1) is 11.1 Å². The Morgan fingerprint density at radius 2 is 1.70 bits per heavy atom. The number of benzene rings is 2. The molecule has 7 heteroatoms. The number of carbonyl (C=O) groups is 4. The number of nitrogens with one attached hydrogen (secondary N) is 2. The molecule has 0 saturated carbocycles. The molecule has 27 heavy (non-hydrogen) atoms. The maximum Gasteiger partial charge on any atom is 0.261 e. The summed E-state index contributed by atoms with van der Waals surface area (Å²) in [4.78, 5) is 49.1. The van der Waals surface area contributed by atoms with E-state index in [0.717, 1.165) is 10.5 Å². The summed E-state index contributed by atoms with van der Waals surface area (Å²) in [5, 5.41) is 5.39. The molecule has 0 bridgehead atoms. The van der Waals surface area contributed by atoms with Gasteiger partial charge in [0.25, 0.3) is 17.7 Å². The van der Waals surface area contributed by atoms with E-state index < -0.39 is 5.91 Å². The first-order chi connectivity index (χ1) is 12.9. The topological polar surface area (TPSA) is 95.6 Å². The highest BCUT2D eigenvalue weighted by Crippen LogP contribution is 2.24. The minimum absolute atomic E-state index is 0.0848. The van der Waals surface area contributed by atoms with Gasteiger partial charge in [0.2, 0.25) is 5.91 Å². The van der Waals surface area contributed by atoms with Crippen molar-refractivity contribution in [1.29, 1.82) is 0 Å². The van der Waals surface area contributed by atoms with Crippen molar-refractivity contribution in [3.8, 4) is 0 Å². The molecule has 4 amide bonds. The van der Waals surface area contributed by atoms with Crippen molar-refractivity contribution < 1.29 is 19.2 Å². The summed E-state index contributed by atoms with van der Waals surface area (Å²) in [6, 6.07) is 11.8. The maximum absolute atomic E-state index is 12.1. The third kappa shape index (κ3) is 3.72. The first-order valence-corrected chi connectivity index (χ1v) is 8.48. The molecule has 1 heterocycles. The number of imide groups is 1. The number of carbonyl (C=O) groups excluding carboxylic acids is 4. The maximum atomic E-state index is 12.1. The highest BCUT2D eigenvalue weighted by Gasteiger charge is 2.32. The number of hydrogen-bond acceptors (Lipinski definition) is 4. The van der Waals surface area contributed by atoms with Gasteiger partial charge >= 0.3 is 0 Å². The van der Waals surface area contributed by atoms with Crippen LogP contribution in [0.3, 0.4) is 0 Å². The number of rotatable bonds is 5. The Morgan fingerprint density at radius 3 is 2.44 bits per heavy atom. The van der Waals surface area contributed by atoms with Gasteiger partial charge in [-0.3, -0.25) is 24.1 Å². The van der Waals surface area contributed by atoms with Crippen LogP contribution in [-0.4, -0.2) is 42.1 Å². The lowest BCUT2D eigenvalue weighted by Crippen LogP contribution is -2.28. The summed E-state index contributed by atoms with van der Waals surface area (Å²) < 4.78 is 0. The highest BCUT2D eigenvalue weighted by atomic mass is 16.2. The fourth-order valence-electron chi connectivity index (χ4n) is 2.87. The summed E-state index contributed by atoms with van der Waals surface area (Å²) in [6.07, 6.45) is 0.0848. The van der Waals surface area contributed by atoms with Crippen LogP contribution in [0.4, 0.5) is 5.69 Å². The Labute approximate surface area is 156 Å². The predicted octanol–water partition coefficient (Wildman–Crippen LogP) is 1.98. The van der Waals surface area contributed by atoms with Gasteiger partial charge in [0, 0.05) is 31.3 Å². The van der Waals surface area contributed by atoms with Gasteiger partial charge in [0.1, 0.15) is 0 Å². The Hall–Kier alpha value is -3.48. The number of hydrogen-bond donors (Lipinski definition) is 2. The number of anilines is 1. The second kappa shape index (κ2) is 7.41. The minimum atomic E-state index is -0.392. The molecule has 7 nitrogen and oxygen atoms in total. The largest absolute Gasteiger partial charge is 0.352 e. The summed E-state index contributed by atoms with van der Waals surface area (Å²) in [5.41, 5.74) is 2.46. The van der Waals surface area contributed by atoms with Gasteiger partial charge in [-0.15, -0.1) is 0 Å². The lowest BCUT2D eigenvalue weighted by molar-refractivity contribution is -0.116. The zero-order valence-corrected chi connectivity index (χ0v) is 15.0. The number of fused-ring (bicyclic) bond motifs is 1. The van der Waals surface area contributed by atoms with E-state index in [0.29, 0.717) is 16.8 Å². The van der Waals surface area contributed by atoms with Gasteiger partial charge < -0.3 is 10.6 Å². The van der Waals surface area contributed by atoms with E-state index in [1.54, 1.807) is 18.2 Å². The molecule has 2 aromatic carbocycles. The minimum Gasteiger partial charge on any atom is -0.352 e. The molecule has 1 aliphatic rings. The molecule has 0 fully saturated rings. The van der Waals surface area contributed by atoms with Crippen LogP contribution in [0.1, 0.15) is 43.1 Å². The molecule has 2 N–H and O–H groups in total. The summed E-state index contributed by atoms with van der Waals surface area (Å²) in [5.74, 6) is -1.28. The van der Waals surface area contributed by atoms with Crippen LogP contribution in [0, 0.1) is 6.92 Å². The van der Waals surface area contributed by atoms with Crippen molar-refractivity contribution in [2.45, 2.75) is 13.3 Å². The molecule has 2 aromatic rings. The lowest BCUT2D eigenvalue weighted by Gasteiger charge is -2.09. The average Bonchev–Trinajstić information content (AvgIpc) is 2.86. The molecule has 138 valence electrons. The third-order valence-electron chi connectivity index (χ3n) is 4.40. The molecule has 0 aromatic heterocycles. The molecule has 3 rings (SSSR count). The van der Waals surface area contributed by atoms with Gasteiger partial charge in [-0.2, -0.15) is 0 Å². The van der Waals surface area contributed by atoms with Gasteiger partial charge in [-0.1, -0.05) is 18.2 Å². The molecule has 0 radical (unpaired) electrons. The summed E-state index contributed by atoms with van der Waals surface area (Å²) >= 11 is 0. The molecular formula is C20H19N3O4. The van der Waals surface area contributed by atoms with Crippen molar-refractivity contribution in [1.82, 2.24) is 10.2 Å². The number of nitrogens with zero attached hydrogens (tertiary/aromatic N) is 1. The Kier molecular flexibility index (Phi) is 5.03. The molecule has 0 spiro atoms. The quantitative estimate of drug-likeness (QED) is 0.792. The van der Waals surface area contributed by atoms with Crippen LogP contribution >= 0.6 is 0 Å². The van der Waals surface area contributed by atoms with E-state index in [1.165, 1.54) is 19.2 Å². The lowest BCUT2D eigenvalue weighted by atomic mass is 10.1. The third-order valence-corrected chi connectivity index (χ3v) is 4.40. The zero-order valence-electron chi connectivity index (χ0n) is 15.0. The number of aryl methyl sites for hydroxylation is 1. The standard InChI is InChI=1S/C20H19N3O4/c1-12-5-3-4-6-14(12)18(25)21-10-9-17(24)22-13-7-8-15-16(11-13)20(27)23(2)19(15)26/h3-8,11H,9-10H2,1-2H3,(H,21,25)(H,22,24). The van der Waals surface area contributed by atoms with Crippen LogP contribution < -0.4 is 10.6 Å². The first kappa shape index (κ1) is 18.3. The fourth-order valence-corrected chi connectivity index (χ4v) is 2.87. The van der Waals surface area contributed by atoms with Gasteiger partial charge in [0.15, 0.2) is 0 Å². The van der Waals surface area contributed by atoms with E-state index >= 15 is 0 Å². The van der Waals surface area contributed by atoms with Crippen molar-refractivity contribution in [3.63, 3.8) is 0 Å². The second-order valence-corrected chi connectivity index (χ2v) is 6.30. The van der Waals surface area contributed by atoms with E-state index in [-0.39, 0.29) is 36.3 Å².